The number of thiophene rings is 2. The molecule has 0 nitrogen and oxygen atoms in total. The van der Waals surface area contributed by atoms with Gasteiger partial charge >= 0.3 is 257 Å². The third kappa shape index (κ3) is 4.24. The van der Waals surface area contributed by atoms with Crippen LogP contribution in [0.1, 0.15) is 114 Å². The van der Waals surface area contributed by atoms with E-state index < -0.39 is 18.4 Å². The Morgan fingerprint density at radius 3 is 1.52 bits per heavy atom. The molecule has 0 spiro atoms. The summed E-state index contributed by atoms with van der Waals surface area (Å²) < 4.78 is 6.53. The van der Waals surface area contributed by atoms with Gasteiger partial charge < -0.3 is 0 Å². The van der Waals surface area contributed by atoms with Gasteiger partial charge in [0, 0.05) is 0 Å². The molecule has 0 fully saturated rings. The quantitative estimate of drug-likeness (QED) is 0.147. The van der Waals surface area contributed by atoms with E-state index in [1.54, 1.807) is 40.1 Å². The fourth-order valence-corrected chi connectivity index (χ4v) is 29.7. The van der Waals surface area contributed by atoms with Crippen molar-refractivity contribution in [1.82, 2.24) is 0 Å². The van der Waals surface area contributed by atoms with Crippen LogP contribution in [-0.4, -0.2) is 18.4 Å². The summed E-state index contributed by atoms with van der Waals surface area (Å²) in [6.45, 7) is 19.4. The fraction of sp³-hybridized carbons (Fsp3) is 0.514. The number of aryl methyl sites for hydroxylation is 1. The average molecular weight is 676 g/mol. The maximum absolute atomic E-state index is 2.78. The van der Waals surface area contributed by atoms with Gasteiger partial charge in [0.2, 0.25) is 0 Å². The van der Waals surface area contributed by atoms with Crippen LogP contribution in [0.15, 0.2) is 36.4 Å². The zero-order chi connectivity index (χ0) is 28.4. The number of hydrogen-bond acceptors (Lipinski definition) is 2. The topological polar surface area (TPSA) is 0 Å². The molecule has 0 atom stereocenters. The van der Waals surface area contributed by atoms with E-state index in [-0.39, 0.29) is 10.8 Å². The predicted molar refractivity (Wildman–Crippen MR) is 184 cm³/mol. The molecule has 0 amide bonds. The van der Waals surface area contributed by atoms with E-state index in [9.17, 15) is 0 Å². The van der Waals surface area contributed by atoms with Crippen molar-refractivity contribution in [3.05, 3.63) is 63.5 Å². The summed E-state index contributed by atoms with van der Waals surface area (Å²) >= 11 is 1.72. The summed E-state index contributed by atoms with van der Waals surface area (Å²) in [6, 6.07) is 15.2. The Morgan fingerprint density at radius 1 is 0.600 bits per heavy atom. The molecule has 2 aliphatic carbocycles. The Morgan fingerprint density at radius 2 is 1.05 bits per heavy atom. The number of rotatable bonds is 10. The first-order valence-corrected chi connectivity index (χ1v) is 25.1. The van der Waals surface area contributed by atoms with Gasteiger partial charge in [0.25, 0.3) is 0 Å². The van der Waals surface area contributed by atoms with E-state index in [0.29, 0.717) is 0 Å². The van der Waals surface area contributed by atoms with Crippen molar-refractivity contribution in [3.8, 4) is 20.9 Å². The van der Waals surface area contributed by atoms with Crippen LogP contribution in [0.5, 0.6) is 0 Å². The Labute approximate surface area is 255 Å². The van der Waals surface area contributed by atoms with E-state index in [1.807, 2.05) is 14.2 Å². The second-order valence-corrected chi connectivity index (χ2v) is 30.3. The molecule has 2 aliphatic rings. The minimum absolute atomic E-state index is 0.0291. The monoisotopic (exact) mass is 676 g/mol. The van der Waals surface area contributed by atoms with Crippen LogP contribution in [-0.2, 0) is 10.8 Å². The molecule has 0 aliphatic heterocycles. The van der Waals surface area contributed by atoms with Crippen LogP contribution in [0, 0.1) is 6.92 Å². The van der Waals surface area contributed by atoms with Crippen molar-refractivity contribution < 1.29 is 0 Å². The molecular weight excluding hydrogens is 627 g/mol. The molecule has 2 aromatic carbocycles. The fourth-order valence-electron chi connectivity index (χ4n) is 7.99. The third-order valence-electron chi connectivity index (χ3n) is 10.5. The second-order valence-electron chi connectivity index (χ2n) is 13.9. The van der Waals surface area contributed by atoms with Crippen LogP contribution in [0.2, 0.25) is 13.3 Å². The van der Waals surface area contributed by atoms with Gasteiger partial charge in [-0.25, -0.2) is 0 Å². The normalized spacial score (nSPS) is 16.3. The van der Waals surface area contributed by atoms with Crippen LogP contribution < -0.4 is 2.89 Å². The molecule has 0 N–H and O–H groups in total. The first-order chi connectivity index (χ1) is 19.1. The molecule has 0 unspecified atom stereocenters. The van der Waals surface area contributed by atoms with Crippen LogP contribution in [0.4, 0.5) is 0 Å². The molecule has 0 bridgehead atoms. The minimum atomic E-state index is -2.53. The molecule has 0 saturated heterocycles. The van der Waals surface area contributed by atoms with E-state index in [1.165, 1.54) is 70.5 Å². The molecule has 212 valence electrons. The van der Waals surface area contributed by atoms with Crippen molar-refractivity contribution in [1.29, 1.82) is 0 Å². The van der Waals surface area contributed by atoms with Gasteiger partial charge in [-0.2, -0.15) is 0 Å². The molecule has 40 heavy (non-hydrogen) atoms. The first kappa shape index (κ1) is 29.0. The predicted octanol–water partition coefficient (Wildman–Crippen LogP) is 11.9. The summed E-state index contributed by atoms with van der Waals surface area (Å²) in [5.74, 6) is 0. The van der Waals surface area contributed by atoms with Gasteiger partial charge in [-0.05, 0) is 0 Å². The van der Waals surface area contributed by atoms with Gasteiger partial charge in [-0.15, -0.1) is 0 Å². The number of fused-ring (bicyclic) bond motifs is 4. The number of unbranched alkanes of at least 4 members (excludes halogenated alkanes) is 3. The Kier molecular flexibility index (Phi) is 7.65. The Balaban J connectivity index is 1.61. The van der Waals surface area contributed by atoms with Crippen molar-refractivity contribution in [2.75, 3.05) is 0 Å². The molecule has 2 aromatic heterocycles. The standard InChI is InChI=1S/C25H21S2.3C4H9.Sn/c1-13-12-19-23(27-13)15-7-9-16-20-14(6-8-17(21(15)20)25(19,4)5)22-18(10-11-26-22)24(16,2)3;3*1-3-4-2;/h6-10,12H,1-5H3;3*1,3-4H2,2H3;. The zero-order valence-corrected chi connectivity index (χ0v) is 30.6. The van der Waals surface area contributed by atoms with Gasteiger partial charge in [0.15, 0.2) is 0 Å². The van der Waals surface area contributed by atoms with E-state index >= 15 is 0 Å². The molecule has 4 aromatic rings. The zero-order valence-electron chi connectivity index (χ0n) is 26.1. The van der Waals surface area contributed by atoms with E-state index in [2.05, 4.69) is 103 Å². The Hall–Kier alpha value is -1.10. The van der Waals surface area contributed by atoms with Crippen LogP contribution in [0.25, 0.3) is 31.7 Å². The van der Waals surface area contributed by atoms with E-state index in [4.69, 9.17) is 0 Å². The van der Waals surface area contributed by atoms with E-state index in [0.717, 1.165) is 0 Å². The molecule has 0 radical (unpaired) electrons. The van der Waals surface area contributed by atoms with Crippen molar-refractivity contribution in [3.63, 3.8) is 0 Å². The van der Waals surface area contributed by atoms with Crippen molar-refractivity contribution in [2.45, 2.75) is 118 Å². The summed E-state index contributed by atoms with van der Waals surface area (Å²) in [7, 11) is 0. The second kappa shape index (κ2) is 10.6. The Bertz CT molecular complexity index is 1560. The maximum atomic E-state index is 2.78. The summed E-state index contributed by atoms with van der Waals surface area (Å²) in [6.07, 6.45) is 8.29. The SMILES string of the molecule is CCC[CH2][Sn]([CH2]CCC)([CH2]CCC)[c]1cc2c(s1)-c1ccc3c4c(ccc(c14)C2(C)C)-c1sc(C)cc1C3(C)C. The van der Waals surface area contributed by atoms with Gasteiger partial charge in [0.05, 0.1) is 0 Å². The number of hydrogen-bond donors (Lipinski definition) is 0. The molecule has 3 heteroatoms. The molecular formula is C37H48S2Sn. The molecule has 6 rings (SSSR count). The van der Waals surface area contributed by atoms with Crippen LogP contribution >= 0.6 is 22.7 Å². The summed E-state index contributed by atoms with van der Waals surface area (Å²) in [4.78, 5) is 4.53. The summed E-state index contributed by atoms with van der Waals surface area (Å²) in [5, 5.41) is 3.10. The number of benzene rings is 2. The molecule has 2 heterocycles. The first-order valence-electron chi connectivity index (χ1n) is 16.0. The summed E-state index contributed by atoms with van der Waals surface area (Å²) in [5.41, 5.74) is 9.26. The van der Waals surface area contributed by atoms with Gasteiger partial charge in [-0.1, -0.05) is 0 Å². The van der Waals surface area contributed by atoms with Gasteiger partial charge in [-0.3, -0.25) is 0 Å². The van der Waals surface area contributed by atoms with Crippen LogP contribution in [0.3, 0.4) is 0 Å². The molecule has 0 saturated carbocycles. The average Bonchev–Trinajstić information content (AvgIpc) is 3.56. The third-order valence-corrected chi connectivity index (χ3v) is 30.9. The van der Waals surface area contributed by atoms with Gasteiger partial charge in [0.1, 0.15) is 0 Å². The van der Waals surface area contributed by atoms with Crippen molar-refractivity contribution >= 4 is 54.7 Å². The van der Waals surface area contributed by atoms with Crippen molar-refractivity contribution in [2.24, 2.45) is 0 Å².